The van der Waals surface area contributed by atoms with Crippen LogP contribution in [0.3, 0.4) is 0 Å². The number of H-pyrrole nitrogens is 1. The summed E-state index contributed by atoms with van der Waals surface area (Å²) in [4.78, 5) is 24.6. The standard InChI is InChI=1S/C33H34N10O/c1-22-16-30(41-40-22)31-25(17-34)19-35-32(39-31)38-27-10-14-29(15-11-27)43(33(44)36-18-23-6-4-3-5-7-23)28-12-8-24(9-13-28)26-20-37-42(2)21-26/h3-9,12-13,16,19-21,27,29H,10-11,14-15,18H2,1-2H3,(H,36,44)(H,40,41)(H,35,38,39). The molecule has 1 saturated carbocycles. The molecule has 0 radical (unpaired) electrons. The van der Waals surface area contributed by atoms with Crippen LogP contribution in [0, 0.1) is 18.3 Å². The lowest BCUT2D eigenvalue weighted by Crippen LogP contribution is -2.48. The average molecular weight is 587 g/mol. The van der Waals surface area contributed by atoms with Crippen molar-refractivity contribution in [2.24, 2.45) is 7.05 Å². The Balaban J connectivity index is 1.17. The van der Waals surface area contributed by atoms with E-state index in [1.54, 1.807) is 4.68 Å². The summed E-state index contributed by atoms with van der Waals surface area (Å²) in [6.07, 6.45) is 8.63. The molecule has 3 aromatic heterocycles. The molecule has 3 N–H and O–H groups in total. The molecule has 222 valence electrons. The lowest BCUT2D eigenvalue weighted by Gasteiger charge is -2.37. The van der Waals surface area contributed by atoms with E-state index in [1.807, 2.05) is 91.9 Å². The van der Waals surface area contributed by atoms with Crippen LogP contribution in [0.1, 0.15) is 42.5 Å². The van der Waals surface area contributed by atoms with Gasteiger partial charge in [0.1, 0.15) is 17.5 Å². The third-order valence-corrected chi connectivity index (χ3v) is 7.94. The third kappa shape index (κ3) is 6.44. The van der Waals surface area contributed by atoms with Gasteiger partial charge in [0.25, 0.3) is 0 Å². The maximum Gasteiger partial charge on any atom is 0.322 e. The van der Waals surface area contributed by atoms with Gasteiger partial charge < -0.3 is 10.6 Å². The molecule has 0 saturated heterocycles. The number of rotatable bonds is 8. The summed E-state index contributed by atoms with van der Waals surface area (Å²) in [7, 11) is 1.90. The zero-order chi connectivity index (χ0) is 30.5. The summed E-state index contributed by atoms with van der Waals surface area (Å²) < 4.78 is 1.78. The second-order valence-electron chi connectivity index (χ2n) is 11.1. The highest BCUT2D eigenvalue weighted by Gasteiger charge is 2.30. The monoisotopic (exact) mass is 586 g/mol. The largest absolute Gasteiger partial charge is 0.351 e. The number of hydrogen-bond acceptors (Lipinski definition) is 7. The Labute approximate surface area is 256 Å². The van der Waals surface area contributed by atoms with Gasteiger partial charge in [-0.1, -0.05) is 42.5 Å². The molecule has 0 unspecified atom stereocenters. The molecule has 1 aliphatic carbocycles. The van der Waals surface area contributed by atoms with Gasteiger partial charge in [-0.15, -0.1) is 0 Å². The van der Waals surface area contributed by atoms with E-state index in [-0.39, 0.29) is 18.1 Å². The summed E-state index contributed by atoms with van der Waals surface area (Å²) in [6, 6.07) is 22.1. The molecule has 0 spiro atoms. The summed E-state index contributed by atoms with van der Waals surface area (Å²) in [5, 5.41) is 27.6. The SMILES string of the molecule is Cc1cc(-c2nc(NC3CCC(N(C(=O)NCc4ccccc4)c4ccc(-c5cnn(C)c5)cc4)CC3)ncc2C#N)n[nH]1. The van der Waals surface area contributed by atoms with Crippen LogP contribution in [-0.4, -0.2) is 48.1 Å². The number of carbonyl (C=O) groups is 1. The molecule has 2 aromatic carbocycles. The molecule has 0 atom stereocenters. The Morgan fingerprint density at radius 2 is 1.84 bits per heavy atom. The summed E-state index contributed by atoms with van der Waals surface area (Å²) >= 11 is 0. The minimum atomic E-state index is -0.117. The number of carbonyl (C=O) groups excluding carboxylic acids is 1. The van der Waals surface area contributed by atoms with Gasteiger partial charge >= 0.3 is 6.03 Å². The van der Waals surface area contributed by atoms with Crippen LogP contribution in [0.2, 0.25) is 0 Å². The van der Waals surface area contributed by atoms with Crippen molar-refractivity contribution in [2.75, 3.05) is 10.2 Å². The molecule has 44 heavy (non-hydrogen) atoms. The van der Waals surface area contributed by atoms with E-state index in [4.69, 9.17) is 0 Å². The van der Waals surface area contributed by atoms with Gasteiger partial charge in [0, 0.05) is 48.8 Å². The molecular formula is C33H34N10O. The highest BCUT2D eigenvalue weighted by molar-refractivity contribution is 5.93. The zero-order valence-electron chi connectivity index (χ0n) is 24.7. The zero-order valence-corrected chi connectivity index (χ0v) is 24.7. The number of anilines is 2. The fourth-order valence-electron chi connectivity index (χ4n) is 5.67. The van der Waals surface area contributed by atoms with Crippen molar-refractivity contribution in [1.82, 2.24) is 35.3 Å². The highest BCUT2D eigenvalue weighted by atomic mass is 16.2. The fourth-order valence-corrected chi connectivity index (χ4v) is 5.67. The molecule has 0 bridgehead atoms. The topological polar surface area (TPSA) is 140 Å². The van der Waals surface area contributed by atoms with Crippen molar-refractivity contribution in [2.45, 2.75) is 51.2 Å². The molecular weight excluding hydrogens is 552 g/mol. The first-order valence-electron chi connectivity index (χ1n) is 14.7. The van der Waals surface area contributed by atoms with E-state index < -0.39 is 0 Å². The lowest BCUT2D eigenvalue weighted by molar-refractivity contribution is 0.240. The molecule has 6 rings (SSSR count). The first kappa shape index (κ1) is 28.6. The number of nitrogens with zero attached hydrogens (tertiary/aromatic N) is 7. The minimum Gasteiger partial charge on any atom is -0.351 e. The van der Waals surface area contributed by atoms with Crippen LogP contribution < -0.4 is 15.5 Å². The molecule has 1 fully saturated rings. The molecule has 3 heterocycles. The van der Waals surface area contributed by atoms with Crippen molar-refractivity contribution in [1.29, 1.82) is 5.26 Å². The Bertz CT molecular complexity index is 1760. The number of nitrogens with one attached hydrogen (secondary N) is 3. The van der Waals surface area contributed by atoms with E-state index in [1.165, 1.54) is 6.20 Å². The number of amides is 2. The number of hydrogen-bond donors (Lipinski definition) is 3. The van der Waals surface area contributed by atoms with Crippen molar-refractivity contribution >= 4 is 17.7 Å². The second kappa shape index (κ2) is 12.8. The Morgan fingerprint density at radius 3 is 2.50 bits per heavy atom. The predicted molar refractivity (Wildman–Crippen MR) is 169 cm³/mol. The first-order chi connectivity index (χ1) is 21.5. The van der Waals surface area contributed by atoms with E-state index in [0.29, 0.717) is 29.4 Å². The average Bonchev–Trinajstić information content (AvgIpc) is 3.70. The summed E-state index contributed by atoms with van der Waals surface area (Å²) in [5.74, 6) is 0.464. The number of benzene rings is 2. The van der Waals surface area contributed by atoms with Gasteiger partial charge in [-0.25, -0.2) is 14.8 Å². The predicted octanol–water partition coefficient (Wildman–Crippen LogP) is 5.59. The summed E-state index contributed by atoms with van der Waals surface area (Å²) in [6.45, 7) is 2.36. The van der Waals surface area contributed by atoms with Crippen LogP contribution in [0.5, 0.6) is 0 Å². The molecule has 2 amide bonds. The van der Waals surface area contributed by atoms with E-state index in [9.17, 15) is 10.1 Å². The first-order valence-corrected chi connectivity index (χ1v) is 14.7. The van der Waals surface area contributed by atoms with Gasteiger partial charge in [0.05, 0.1) is 18.0 Å². The fraction of sp³-hybridized carbons (Fsp3) is 0.273. The molecule has 11 nitrogen and oxygen atoms in total. The van der Waals surface area contributed by atoms with Crippen LogP contribution in [-0.2, 0) is 13.6 Å². The number of nitriles is 1. The van der Waals surface area contributed by atoms with Crippen LogP contribution in [0.4, 0.5) is 16.4 Å². The normalized spacial score (nSPS) is 16.2. The van der Waals surface area contributed by atoms with Crippen molar-refractivity contribution in [3.8, 4) is 28.6 Å². The number of urea groups is 1. The number of aromatic nitrogens is 6. The second-order valence-corrected chi connectivity index (χ2v) is 11.1. The van der Waals surface area contributed by atoms with Crippen molar-refractivity contribution in [3.63, 3.8) is 0 Å². The Morgan fingerprint density at radius 1 is 1.07 bits per heavy atom. The molecule has 0 aliphatic heterocycles. The van der Waals surface area contributed by atoms with Gasteiger partial charge in [-0.05, 0) is 61.9 Å². The van der Waals surface area contributed by atoms with E-state index >= 15 is 0 Å². The molecule has 1 aliphatic rings. The van der Waals surface area contributed by atoms with Gasteiger partial charge in [0.2, 0.25) is 5.95 Å². The smallest absolute Gasteiger partial charge is 0.322 e. The van der Waals surface area contributed by atoms with Crippen LogP contribution >= 0.6 is 0 Å². The number of aryl methyl sites for hydroxylation is 2. The number of aromatic amines is 1. The van der Waals surface area contributed by atoms with E-state index in [0.717, 1.165) is 53.8 Å². The summed E-state index contributed by atoms with van der Waals surface area (Å²) in [5.41, 5.74) is 6.35. The van der Waals surface area contributed by atoms with Crippen LogP contribution in [0.25, 0.3) is 22.5 Å². The maximum atomic E-state index is 13.7. The third-order valence-electron chi connectivity index (χ3n) is 7.94. The van der Waals surface area contributed by atoms with Gasteiger partial charge in [0.15, 0.2) is 0 Å². The van der Waals surface area contributed by atoms with Gasteiger partial charge in [-0.3, -0.25) is 14.7 Å². The van der Waals surface area contributed by atoms with E-state index in [2.05, 4.69) is 42.0 Å². The van der Waals surface area contributed by atoms with Gasteiger partial charge in [-0.2, -0.15) is 15.5 Å². The quantitative estimate of drug-likeness (QED) is 0.215. The molecule has 5 aromatic rings. The van der Waals surface area contributed by atoms with Crippen LogP contribution in [0.15, 0.2) is 79.3 Å². The maximum absolute atomic E-state index is 13.7. The Kier molecular flexibility index (Phi) is 8.32. The Hall–Kier alpha value is -5.50. The minimum absolute atomic E-state index is 0.0255. The highest BCUT2D eigenvalue weighted by Crippen LogP contribution is 2.31. The molecule has 11 heteroatoms. The lowest BCUT2D eigenvalue weighted by atomic mass is 9.90. The van der Waals surface area contributed by atoms with Crippen molar-refractivity contribution in [3.05, 3.63) is 96.1 Å². The van der Waals surface area contributed by atoms with Crippen molar-refractivity contribution < 1.29 is 4.79 Å².